The average molecular weight is 421 g/mol. The second kappa shape index (κ2) is 7.13. The van der Waals surface area contributed by atoms with Crippen LogP contribution in [0, 0.1) is 17.8 Å². The topological polar surface area (TPSA) is 89.9 Å². The fraction of sp³-hybridized carbons (Fsp3) is 0.591. The summed E-state index contributed by atoms with van der Waals surface area (Å²) in [6, 6.07) is 6.21. The Labute approximate surface area is 171 Å². The van der Waals surface area contributed by atoms with Gasteiger partial charge in [-0.3, -0.25) is 4.79 Å². The van der Waals surface area contributed by atoms with E-state index >= 15 is 0 Å². The average Bonchev–Trinajstić information content (AvgIpc) is 3.09. The molecule has 1 aromatic rings. The molecule has 0 radical (unpaired) electrons. The number of allylic oxidation sites excluding steroid dienone is 1. The Hall–Kier alpha value is -1.86. The molecule has 1 aromatic carbocycles. The number of carbonyl (C=O) groups excluding carboxylic acids is 1. The summed E-state index contributed by atoms with van der Waals surface area (Å²) in [5, 5.41) is 11.0. The lowest BCUT2D eigenvalue weighted by molar-refractivity contribution is -0.147. The standard InChI is InChI=1S/C22H28O6S/c1-13-4-9-17-18(12-29(25,26)15-7-5-14(27-3)6-8-15)21(23)28-20(17)19-16(13)10-11-22(19,2)24/h5-8,17-20,24H,4,9-12H2,1-3H3/t17-,18-,19-,20-,22+/m0/s1. The number of aliphatic hydroxyl groups is 1. The molecule has 2 fully saturated rings. The second-order valence-corrected chi connectivity index (χ2v) is 10.8. The van der Waals surface area contributed by atoms with Gasteiger partial charge in [-0.25, -0.2) is 8.42 Å². The maximum atomic E-state index is 13.0. The number of hydrogen-bond donors (Lipinski definition) is 1. The first-order chi connectivity index (χ1) is 13.6. The SMILES string of the molecule is COc1ccc(S(=O)(=O)C[C@@H]2C(=O)O[C@H]3[C@H]2CCC(C)=C2CC[C@@](C)(O)[C@@H]23)cc1. The summed E-state index contributed by atoms with van der Waals surface area (Å²) in [5.41, 5.74) is 1.50. The second-order valence-electron chi connectivity index (χ2n) is 8.81. The summed E-state index contributed by atoms with van der Waals surface area (Å²) >= 11 is 0. The number of fused-ring (bicyclic) bond motifs is 3. The first kappa shape index (κ1) is 20.4. The minimum Gasteiger partial charge on any atom is -0.497 e. The number of ether oxygens (including phenoxy) is 2. The van der Waals surface area contributed by atoms with Gasteiger partial charge in [0.1, 0.15) is 11.9 Å². The Morgan fingerprint density at radius 3 is 2.59 bits per heavy atom. The van der Waals surface area contributed by atoms with Gasteiger partial charge in [-0.1, -0.05) is 11.1 Å². The lowest BCUT2D eigenvalue weighted by Crippen LogP contribution is -2.41. The summed E-state index contributed by atoms with van der Waals surface area (Å²) in [7, 11) is -2.14. The monoisotopic (exact) mass is 420 g/mol. The molecule has 5 atom stereocenters. The van der Waals surface area contributed by atoms with E-state index in [9.17, 15) is 18.3 Å². The highest BCUT2D eigenvalue weighted by molar-refractivity contribution is 7.91. The van der Waals surface area contributed by atoms with Crippen LogP contribution >= 0.6 is 0 Å². The maximum Gasteiger partial charge on any atom is 0.310 e. The zero-order valence-corrected chi connectivity index (χ0v) is 17.9. The normalized spacial score (nSPS) is 34.4. The van der Waals surface area contributed by atoms with Gasteiger partial charge in [-0.2, -0.15) is 0 Å². The van der Waals surface area contributed by atoms with Gasteiger partial charge < -0.3 is 14.6 Å². The summed E-state index contributed by atoms with van der Waals surface area (Å²) in [5.74, 6) is -1.33. The molecule has 0 unspecified atom stereocenters. The lowest BCUT2D eigenvalue weighted by Gasteiger charge is -2.32. The molecule has 1 N–H and O–H groups in total. The molecule has 29 heavy (non-hydrogen) atoms. The molecule has 1 saturated heterocycles. The van der Waals surface area contributed by atoms with Gasteiger partial charge >= 0.3 is 5.97 Å². The molecule has 0 bridgehead atoms. The van der Waals surface area contributed by atoms with Crippen molar-refractivity contribution in [1.29, 1.82) is 0 Å². The highest BCUT2D eigenvalue weighted by Crippen LogP contribution is 2.52. The van der Waals surface area contributed by atoms with Crippen molar-refractivity contribution in [3.05, 3.63) is 35.4 Å². The van der Waals surface area contributed by atoms with Crippen LogP contribution in [-0.4, -0.2) is 44.1 Å². The summed E-state index contributed by atoms with van der Waals surface area (Å²) in [6.45, 7) is 3.88. The number of methoxy groups -OCH3 is 1. The van der Waals surface area contributed by atoms with Crippen LogP contribution in [0.2, 0.25) is 0 Å². The van der Waals surface area contributed by atoms with Crippen molar-refractivity contribution in [3.63, 3.8) is 0 Å². The van der Waals surface area contributed by atoms with Gasteiger partial charge in [0.2, 0.25) is 0 Å². The van der Waals surface area contributed by atoms with E-state index in [1.54, 1.807) is 19.1 Å². The Bertz CT molecular complexity index is 944. The first-order valence-corrected chi connectivity index (χ1v) is 11.8. The van der Waals surface area contributed by atoms with Gasteiger partial charge in [0, 0.05) is 11.8 Å². The first-order valence-electron chi connectivity index (χ1n) is 10.1. The summed E-state index contributed by atoms with van der Waals surface area (Å²) < 4.78 is 36.9. The van der Waals surface area contributed by atoms with E-state index in [1.165, 1.54) is 30.4 Å². The highest BCUT2D eigenvalue weighted by atomic mass is 32.2. The van der Waals surface area contributed by atoms with Gasteiger partial charge in [0.15, 0.2) is 9.84 Å². The van der Waals surface area contributed by atoms with E-state index in [4.69, 9.17) is 9.47 Å². The molecule has 3 aliphatic rings. The van der Waals surface area contributed by atoms with E-state index < -0.39 is 33.4 Å². The van der Waals surface area contributed by atoms with Gasteiger partial charge in [0.05, 0.1) is 29.3 Å². The zero-order valence-electron chi connectivity index (χ0n) is 17.1. The molecule has 1 aliphatic heterocycles. The Morgan fingerprint density at radius 1 is 1.24 bits per heavy atom. The number of carbonyl (C=O) groups is 1. The summed E-state index contributed by atoms with van der Waals surface area (Å²) in [6.07, 6.45) is 2.49. The highest BCUT2D eigenvalue weighted by Gasteiger charge is 2.57. The van der Waals surface area contributed by atoms with Gasteiger partial charge in [0.25, 0.3) is 0 Å². The molecule has 1 saturated carbocycles. The third-order valence-electron chi connectivity index (χ3n) is 6.99. The van der Waals surface area contributed by atoms with E-state index in [0.29, 0.717) is 18.6 Å². The third kappa shape index (κ3) is 3.48. The lowest BCUT2D eigenvalue weighted by atomic mass is 9.78. The van der Waals surface area contributed by atoms with Crippen LogP contribution in [-0.2, 0) is 19.4 Å². The van der Waals surface area contributed by atoms with Crippen molar-refractivity contribution in [3.8, 4) is 5.75 Å². The molecular formula is C22H28O6S. The van der Waals surface area contributed by atoms with E-state index in [-0.39, 0.29) is 22.5 Å². The van der Waals surface area contributed by atoms with Crippen LogP contribution in [0.4, 0.5) is 0 Å². The summed E-state index contributed by atoms with van der Waals surface area (Å²) in [4.78, 5) is 12.9. The maximum absolute atomic E-state index is 13.0. The van der Waals surface area contributed by atoms with Crippen LogP contribution in [0.1, 0.15) is 39.5 Å². The number of benzene rings is 1. The molecule has 6 nitrogen and oxygen atoms in total. The van der Waals surface area contributed by atoms with Gasteiger partial charge in [-0.15, -0.1) is 0 Å². The van der Waals surface area contributed by atoms with E-state index in [1.807, 2.05) is 0 Å². The smallest absolute Gasteiger partial charge is 0.310 e. The van der Waals surface area contributed by atoms with Crippen LogP contribution in [0.15, 0.2) is 40.3 Å². The zero-order chi connectivity index (χ0) is 21.0. The number of sulfone groups is 1. The van der Waals surface area contributed by atoms with Crippen molar-refractivity contribution in [2.45, 2.75) is 56.1 Å². The van der Waals surface area contributed by atoms with Crippen LogP contribution in [0.25, 0.3) is 0 Å². The Balaban J connectivity index is 1.62. The minimum absolute atomic E-state index is 0.172. The molecular weight excluding hydrogens is 392 g/mol. The quantitative estimate of drug-likeness (QED) is 0.595. The molecule has 0 amide bonds. The number of hydrogen-bond acceptors (Lipinski definition) is 6. The molecule has 2 aliphatic carbocycles. The fourth-order valence-corrected chi connectivity index (χ4v) is 6.95. The Morgan fingerprint density at radius 2 is 1.93 bits per heavy atom. The van der Waals surface area contributed by atoms with Crippen molar-refractivity contribution >= 4 is 15.8 Å². The molecule has 1 heterocycles. The van der Waals surface area contributed by atoms with Gasteiger partial charge in [-0.05, 0) is 63.8 Å². The molecule has 0 spiro atoms. The van der Waals surface area contributed by atoms with Crippen molar-refractivity contribution in [1.82, 2.24) is 0 Å². The molecule has 7 heteroatoms. The third-order valence-corrected chi connectivity index (χ3v) is 8.77. The van der Waals surface area contributed by atoms with Crippen molar-refractivity contribution in [2.75, 3.05) is 12.9 Å². The van der Waals surface area contributed by atoms with Crippen molar-refractivity contribution < 1.29 is 27.8 Å². The van der Waals surface area contributed by atoms with Crippen LogP contribution in [0.5, 0.6) is 5.75 Å². The van der Waals surface area contributed by atoms with Crippen molar-refractivity contribution in [2.24, 2.45) is 17.8 Å². The molecule has 158 valence electrons. The molecule has 0 aromatic heterocycles. The molecule has 4 rings (SSSR count). The van der Waals surface area contributed by atoms with Crippen LogP contribution in [0.3, 0.4) is 0 Å². The minimum atomic E-state index is -3.66. The van der Waals surface area contributed by atoms with E-state index in [0.717, 1.165) is 12.8 Å². The fourth-order valence-electron chi connectivity index (χ4n) is 5.35. The van der Waals surface area contributed by atoms with E-state index in [2.05, 4.69) is 6.92 Å². The number of esters is 1. The predicted octanol–water partition coefficient (Wildman–Crippen LogP) is 2.90. The number of rotatable bonds is 4. The predicted molar refractivity (Wildman–Crippen MR) is 107 cm³/mol. The van der Waals surface area contributed by atoms with Crippen LogP contribution < -0.4 is 4.74 Å². The largest absolute Gasteiger partial charge is 0.497 e. The Kier molecular flexibility index (Phi) is 5.02.